The number of thioether (sulfide) groups is 1. The highest BCUT2D eigenvalue weighted by Gasteiger charge is 2.53. The van der Waals surface area contributed by atoms with Crippen molar-refractivity contribution in [2.24, 2.45) is 5.92 Å². The molecule has 4 rings (SSSR count). The molecule has 7 heteroatoms. The predicted octanol–water partition coefficient (Wildman–Crippen LogP) is 2.43. The van der Waals surface area contributed by atoms with Crippen molar-refractivity contribution >= 4 is 17.7 Å². The summed E-state index contributed by atoms with van der Waals surface area (Å²) in [5.41, 5.74) is 0. The molecule has 0 aromatic carbocycles. The van der Waals surface area contributed by atoms with Gasteiger partial charge < -0.3 is 9.64 Å². The molecule has 0 unspecified atom stereocenters. The van der Waals surface area contributed by atoms with Crippen molar-refractivity contribution in [2.45, 2.75) is 36.3 Å². The molecule has 1 spiro atoms. The number of alkyl halides is 1. The minimum absolute atomic E-state index is 0.0183. The molecule has 23 heavy (non-hydrogen) atoms. The Balaban J connectivity index is 1.30. The fourth-order valence-corrected chi connectivity index (χ4v) is 5.05. The maximum absolute atomic E-state index is 13.6. The van der Waals surface area contributed by atoms with Gasteiger partial charge in [0.15, 0.2) is 5.82 Å². The molecule has 1 aromatic heterocycles. The fourth-order valence-electron chi connectivity index (χ4n) is 3.53. The Morgan fingerprint density at radius 1 is 1.43 bits per heavy atom. The number of hydrogen-bond donors (Lipinski definition) is 0. The summed E-state index contributed by atoms with van der Waals surface area (Å²) in [4.78, 5) is 17.9. The second-order valence-electron chi connectivity index (χ2n) is 6.69. The number of rotatable bonds is 3. The second-order valence-corrected chi connectivity index (χ2v) is 8.18. The molecule has 1 amide bonds. The average molecular weight is 340 g/mol. The third-order valence-corrected chi connectivity index (χ3v) is 6.45. The summed E-state index contributed by atoms with van der Waals surface area (Å²) in [6.07, 6.45) is 2.16. The van der Waals surface area contributed by atoms with Crippen molar-refractivity contribution in [3.63, 3.8) is 0 Å². The Morgan fingerprint density at radius 3 is 2.91 bits per heavy atom. The van der Waals surface area contributed by atoms with Gasteiger partial charge in [-0.25, -0.2) is 13.8 Å². The molecule has 1 saturated carbocycles. The van der Waals surface area contributed by atoms with Gasteiger partial charge in [0.2, 0.25) is 5.91 Å². The van der Waals surface area contributed by atoms with Crippen LogP contribution in [0.15, 0.2) is 18.3 Å². The van der Waals surface area contributed by atoms with Crippen molar-refractivity contribution in [1.29, 1.82) is 0 Å². The second kappa shape index (κ2) is 5.61. The first-order valence-corrected chi connectivity index (χ1v) is 8.87. The van der Waals surface area contributed by atoms with E-state index in [9.17, 15) is 13.6 Å². The summed E-state index contributed by atoms with van der Waals surface area (Å²) in [5.74, 6) is 0.336. The highest BCUT2D eigenvalue weighted by atomic mass is 32.2. The van der Waals surface area contributed by atoms with Gasteiger partial charge in [0.25, 0.3) is 5.88 Å². The molecule has 3 aliphatic rings. The van der Waals surface area contributed by atoms with Gasteiger partial charge in [0.05, 0.1) is 4.75 Å². The molecule has 0 N–H and O–H groups in total. The number of ether oxygens (including phenoxy) is 1. The van der Waals surface area contributed by atoms with Crippen molar-refractivity contribution in [3.05, 3.63) is 24.1 Å². The van der Waals surface area contributed by atoms with Gasteiger partial charge in [-0.15, -0.1) is 11.8 Å². The Morgan fingerprint density at radius 2 is 2.22 bits per heavy atom. The summed E-state index contributed by atoms with van der Waals surface area (Å²) in [5, 5.41) is 0. The minimum atomic E-state index is -0.800. The quantitative estimate of drug-likeness (QED) is 0.848. The lowest BCUT2D eigenvalue weighted by molar-refractivity contribution is -0.146. The van der Waals surface area contributed by atoms with Crippen LogP contribution >= 0.6 is 11.8 Å². The number of carbonyl (C=O) groups is 1. The summed E-state index contributed by atoms with van der Waals surface area (Å²) in [6, 6.07) is 2.87. The summed E-state index contributed by atoms with van der Waals surface area (Å²) in [7, 11) is 0. The number of halogens is 2. The topological polar surface area (TPSA) is 42.4 Å². The summed E-state index contributed by atoms with van der Waals surface area (Å²) >= 11 is 1.78. The first-order valence-electron chi connectivity index (χ1n) is 7.89. The SMILES string of the molecule is O=C(C1CC(F)C1)N1CC2(C[C@H](Oc3ncccc3F)CS2)C1. The van der Waals surface area contributed by atoms with E-state index in [1.165, 1.54) is 18.3 Å². The standard InChI is InChI=1S/C16H18F2N2O2S/c17-11-4-10(5-11)15(21)20-8-16(9-20)6-12(7-23-16)22-14-13(18)2-1-3-19-14/h1-3,10-12H,4-9H2/t10?,11?,12-/m0/s1. The van der Waals surface area contributed by atoms with E-state index >= 15 is 0 Å². The Kier molecular flexibility index (Phi) is 3.70. The van der Waals surface area contributed by atoms with Crippen molar-refractivity contribution in [2.75, 3.05) is 18.8 Å². The molecule has 0 radical (unpaired) electrons. The third kappa shape index (κ3) is 2.79. The molecule has 1 aromatic rings. The highest BCUT2D eigenvalue weighted by molar-refractivity contribution is 8.01. The molecule has 2 aliphatic heterocycles. The first-order chi connectivity index (χ1) is 11.0. The molecule has 1 atom stereocenters. The van der Waals surface area contributed by atoms with Crippen LogP contribution in [-0.4, -0.2) is 51.7 Å². The minimum Gasteiger partial charge on any atom is -0.471 e. The van der Waals surface area contributed by atoms with E-state index in [4.69, 9.17) is 4.74 Å². The van der Waals surface area contributed by atoms with Gasteiger partial charge in [-0.1, -0.05) is 0 Å². The average Bonchev–Trinajstić information content (AvgIpc) is 2.88. The molecule has 0 bridgehead atoms. The largest absolute Gasteiger partial charge is 0.471 e. The van der Waals surface area contributed by atoms with Gasteiger partial charge >= 0.3 is 0 Å². The number of amides is 1. The van der Waals surface area contributed by atoms with Crippen LogP contribution in [0.3, 0.4) is 0 Å². The Bertz CT molecular complexity index is 618. The molecular formula is C16H18F2N2O2S. The molecular weight excluding hydrogens is 322 g/mol. The monoisotopic (exact) mass is 340 g/mol. The molecule has 3 heterocycles. The zero-order valence-corrected chi connectivity index (χ0v) is 13.4. The van der Waals surface area contributed by atoms with E-state index in [1.807, 2.05) is 4.90 Å². The summed E-state index contributed by atoms with van der Waals surface area (Å²) < 4.78 is 32.1. The van der Waals surface area contributed by atoms with Crippen molar-refractivity contribution in [1.82, 2.24) is 9.88 Å². The van der Waals surface area contributed by atoms with E-state index < -0.39 is 12.0 Å². The van der Waals surface area contributed by atoms with Crippen LogP contribution in [0.4, 0.5) is 8.78 Å². The van der Waals surface area contributed by atoms with Gasteiger partial charge in [0, 0.05) is 37.4 Å². The maximum Gasteiger partial charge on any atom is 0.250 e. The number of pyridine rings is 1. The maximum atomic E-state index is 13.6. The van der Waals surface area contributed by atoms with E-state index in [0.717, 1.165) is 12.2 Å². The number of aromatic nitrogens is 1. The lowest BCUT2D eigenvalue weighted by Gasteiger charge is -2.49. The van der Waals surface area contributed by atoms with Gasteiger partial charge in [-0.05, 0) is 25.0 Å². The lowest BCUT2D eigenvalue weighted by atomic mass is 9.80. The van der Waals surface area contributed by atoms with Crippen LogP contribution in [0.1, 0.15) is 19.3 Å². The molecule has 1 aliphatic carbocycles. The van der Waals surface area contributed by atoms with E-state index in [-0.39, 0.29) is 28.6 Å². The number of carbonyl (C=O) groups excluding carboxylic acids is 1. The molecule has 124 valence electrons. The zero-order valence-electron chi connectivity index (χ0n) is 12.6. The fraction of sp³-hybridized carbons (Fsp3) is 0.625. The van der Waals surface area contributed by atoms with Gasteiger partial charge in [-0.2, -0.15) is 0 Å². The number of likely N-dealkylation sites (tertiary alicyclic amines) is 1. The van der Waals surface area contributed by atoms with E-state index in [0.29, 0.717) is 25.9 Å². The highest BCUT2D eigenvalue weighted by Crippen LogP contribution is 2.47. The molecule has 4 nitrogen and oxygen atoms in total. The van der Waals surface area contributed by atoms with Crippen LogP contribution in [0.5, 0.6) is 5.88 Å². The normalized spacial score (nSPS) is 31.6. The zero-order chi connectivity index (χ0) is 16.0. The van der Waals surface area contributed by atoms with Crippen LogP contribution in [0.2, 0.25) is 0 Å². The Labute approximate surface area is 137 Å². The molecule has 3 fully saturated rings. The van der Waals surface area contributed by atoms with Crippen molar-refractivity contribution in [3.8, 4) is 5.88 Å². The summed E-state index contributed by atoms with van der Waals surface area (Å²) in [6.45, 7) is 1.38. The number of nitrogens with zero attached hydrogens (tertiary/aromatic N) is 2. The first kappa shape index (κ1) is 15.2. The Hall–Kier alpha value is -1.37. The smallest absolute Gasteiger partial charge is 0.250 e. The van der Waals surface area contributed by atoms with Crippen LogP contribution in [-0.2, 0) is 4.79 Å². The van der Waals surface area contributed by atoms with Crippen LogP contribution < -0.4 is 4.74 Å². The predicted molar refractivity (Wildman–Crippen MR) is 82.6 cm³/mol. The number of hydrogen-bond acceptors (Lipinski definition) is 4. The lowest BCUT2D eigenvalue weighted by Crippen LogP contribution is -2.62. The van der Waals surface area contributed by atoms with E-state index in [1.54, 1.807) is 11.8 Å². The van der Waals surface area contributed by atoms with Gasteiger partial charge in [-0.3, -0.25) is 4.79 Å². The van der Waals surface area contributed by atoms with Crippen LogP contribution in [0, 0.1) is 11.7 Å². The van der Waals surface area contributed by atoms with E-state index in [2.05, 4.69) is 4.98 Å². The van der Waals surface area contributed by atoms with Crippen LogP contribution in [0.25, 0.3) is 0 Å². The third-order valence-electron chi connectivity index (χ3n) is 4.88. The molecule has 2 saturated heterocycles. The van der Waals surface area contributed by atoms with Crippen molar-refractivity contribution < 1.29 is 18.3 Å². The van der Waals surface area contributed by atoms with Gasteiger partial charge in [0.1, 0.15) is 12.3 Å².